The maximum atomic E-state index is 13.0. The molecule has 0 aliphatic carbocycles. The number of aryl methyl sites for hydroxylation is 1. The van der Waals surface area contributed by atoms with Crippen molar-refractivity contribution in [3.63, 3.8) is 0 Å². The molecule has 3 aromatic rings. The Kier molecular flexibility index (Phi) is 5.63. The van der Waals surface area contributed by atoms with Crippen LogP contribution in [0.25, 0.3) is 10.9 Å². The number of rotatable bonds is 6. The first-order valence-electron chi connectivity index (χ1n) is 9.04. The molecule has 28 heavy (non-hydrogen) atoms. The summed E-state index contributed by atoms with van der Waals surface area (Å²) in [5, 5.41) is 3.70. The number of nitrogens with one attached hydrogen (secondary N) is 2. The molecule has 0 fully saturated rings. The highest BCUT2D eigenvalue weighted by molar-refractivity contribution is 6.10. The Bertz CT molecular complexity index is 1040. The quantitative estimate of drug-likeness (QED) is 0.632. The predicted octanol–water partition coefficient (Wildman–Crippen LogP) is 3.87. The van der Waals surface area contributed by atoms with Gasteiger partial charge in [-0.3, -0.25) is 9.78 Å². The van der Waals surface area contributed by atoms with E-state index >= 15 is 0 Å². The highest BCUT2D eigenvalue weighted by Gasteiger charge is 2.25. The monoisotopic (exact) mass is 381 g/mol. The molecule has 0 spiro atoms. The second-order valence-electron chi connectivity index (χ2n) is 6.39. The number of hydrogen-bond acceptors (Lipinski definition) is 5. The predicted molar refractivity (Wildman–Crippen MR) is 107 cm³/mol. The number of esters is 1. The number of methoxy groups -OCH3 is 2. The van der Waals surface area contributed by atoms with Crippen LogP contribution in [0, 0.1) is 6.92 Å². The number of H-pyrrole nitrogens is 1. The fraction of sp³-hybridized carbons (Fsp3) is 0.286. The minimum Gasteiger partial charge on any atom is -0.494 e. The molecule has 2 N–H and O–H groups in total. The van der Waals surface area contributed by atoms with Gasteiger partial charge >= 0.3 is 5.97 Å². The largest absolute Gasteiger partial charge is 0.494 e. The summed E-state index contributed by atoms with van der Waals surface area (Å²) >= 11 is 0. The number of hydrogen-bond donors (Lipinski definition) is 2. The van der Waals surface area contributed by atoms with Crippen molar-refractivity contribution in [3.8, 4) is 5.75 Å². The van der Waals surface area contributed by atoms with Crippen LogP contribution in [0.1, 0.15) is 45.4 Å². The molecule has 7 heteroatoms. The fourth-order valence-electron chi connectivity index (χ4n) is 3.35. The fourth-order valence-corrected chi connectivity index (χ4v) is 3.35. The molecule has 0 saturated heterocycles. The number of aromatic nitrogens is 2. The van der Waals surface area contributed by atoms with E-state index in [-0.39, 0.29) is 5.91 Å². The number of aromatic amines is 1. The molecule has 0 aliphatic rings. The van der Waals surface area contributed by atoms with Crippen molar-refractivity contribution in [3.05, 3.63) is 53.0 Å². The van der Waals surface area contributed by atoms with Crippen molar-refractivity contribution in [1.29, 1.82) is 0 Å². The third kappa shape index (κ3) is 3.43. The molecule has 0 unspecified atom stereocenters. The minimum absolute atomic E-state index is 0.322. The summed E-state index contributed by atoms with van der Waals surface area (Å²) in [4.78, 5) is 32.6. The lowest BCUT2D eigenvalue weighted by atomic mass is 10.0. The Hall–Kier alpha value is -3.35. The molecule has 3 rings (SSSR count). The Labute approximate surface area is 163 Å². The van der Waals surface area contributed by atoms with Gasteiger partial charge in [-0.1, -0.05) is 13.3 Å². The van der Waals surface area contributed by atoms with E-state index in [0.717, 1.165) is 11.8 Å². The Morgan fingerprint density at radius 1 is 1.21 bits per heavy atom. The van der Waals surface area contributed by atoms with Gasteiger partial charge in [-0.2, -0.15) is 0 Å². The Morgan fingerprint density at radius 3 is 2.68 bits per heavy atom. The van der Waals surface area contributed by atoms with Crippen LogP contribution >= 0.6 is 0 Å². The van der Waals surface area contributed by atoms with E-state index in [1.54, 1.807) is 38.4 Å². The normalized spacial score (nSPS) is 10.7. The van der Waals surface area contributed by atoms with Crippen LogP contribution in [-0.2, 0) is 11.2 Å². The van der Waals surface area contributed by atoms with Crippen molar-refractivity contribution in [2.45, 2.75) is 26.7 Å². The molecule has 1 aromatic carbocycles. The van der Waals surface area contributed by atoms with Gasteiger partial charge < -0.3 is 19.8 Å². The molecule has 2 aromatic heterocycles. The number of anilines is 1. The molecule has 1 amide bonds. The van der Waals surface area contributed by atoms with Crippen LogP contribution in [-0.4, -0.2) is 36.1 Å². The molecule has 0 bridgehead atoms. The lowest BCUT2D eigenvalue weighted by Crippen LogP contribution is -2.15. The van der Waals surface area contributed by atoms with Crippen molar-refractivity contribution < 1.29 is 19.1 Å². The highest BCUT2D eigenvalue weighted by Crippen LogP contribution is 2.30. The average molecular weight is 381 g/mol. The number of benzene rings is 1. The molecule has 0 aliphatic heterocycles. The molecule has 0 saturated carbocycles. The van der Waals surface area contributed by atoms with E-state index in [9.17, 15) is 9.59 Å². The second-order valence-corrected chi connectivity index (χ2v) is 6.39. The Balaban J connectivity index is 2.03. The number of amides is 1. The third-order valence-corrected chi connectivity index (χ3v) is 4.61. The SMILES string of the molecule is CCCc1c(C(=O)Nc2ccc(OC)c3ncccc23)[nH]c(C)c1C(=O)OC. The lowest BCUT2D eigenvalue weighted by molar-refractivity contribution is 0.0599. The summed E-state index contributed by atoms with van der Waals surface area (Å²) in [6.07, 6.45) is 3.05. The first-order chi connectivity index (χ1) is 13.5. The van der Waals surface area contributed by atoms with Crippen LogP contribution < -0.4 is 10.1 Å². The van der Waals surface area contributed by atoms with Gasteiger partial charge in [-0.25, -0.2) is 4.79 Å². The zero-order valence-electron chi connectivity index (χ0n) is 16.4. The van der Waals surface area contributed by atoms with E-state index in [1.807, 2.05) is 13.0 Å². The van der Waals surface area contributed by atoms with Crippen molar-refractivity contribution in [1.82, 2.24) is 9.97 Å². The lowest BCUT2D eigenvalue weighted by Gasteiger charge is -2.11. The van der Waals surface area contributed by atoms with Crippen LogP contribution in [0.5, 0.6) is 5.75 Å². The van der Waals surface area contributed by atoms with E-state index in [2.05, 4.69) is 15.3 Å². The maximum absolute atomic E-state index is 13.0. The smallest absolute Gasteiger partial charge is 0.339 e. The number of carbonyl (C=O) groups is 2. The summed E-state index contributed by atoms with van der Waals surface area (Å²) in [7, 11) is 2.91. The summed E-state index contributed by atoms with van der Waals surface area (Å²) in [6.45, 7) is 3.75. The van der Waals surface area contributed by atoms with Gasteiger partial charge in [0.1, 0.15) is 17.0 Å². The summed E-state index contributed by atoms with van der Waals surface area (Å²) in [5.74, 6) is -0.142. The van der Waals surface area contributed by atoms with Gasteiger partial charge in [0.2, 0.25) is 0 Å². The van der Waals surface area contributed by atoms with Gasteiger partial charge in [0.15, 0.2) is 0 Å². The van der Waals surface area contributed by atoms with E-state index in [0.29, 0.717) is 45.9 Å². The Morgan fingerprint density at radius 2 is 2.00 bits per heavy atom. The molecule has 0 radical (unpaired) electrons. The van der Waals surface area contributed by atoms with Crippen molar-refractivity contribution in [2.24, 2.45) is 0 Å². The van der Waals surface area contributed by atoms with Crippen LogP contribution in [0.2, 0.25) is 0 Å². The first-order valence-corrected chi connectivity index (χ1v) is 9.04. The number of fused-ring (bicyclic) bond motifs is 1. The molecule has 2 heterocycles. The van der Waals surface area contributed by atoms with E-state index in [4.69, 9.17) is 9.47 Å². The van der Waals surface area contributed by atoms with Crippen LogP contribution in [0.4, 0.5) is 5.69 Å². The minimum atomic E-state index is -0.449. The van der Waals surface area contributed by atoms with E-state index in [1.165, 1.54) is 7.11 Å². The molecule has 7 nitrogen and oxygen atoms in total. The summed E-state index contributed by atoms with van der Waals surface area (Å²) < 4.78 is 10.2. The number of carbonyl (C=O) groups excluding carboxylic acids is 2. The third-order valence-electron chi connectivity index (χ3n) is 4.61. The molecular formula is C21H23N3O4. The van der Waals surface area contributed by atoms with E-state index < -0.39 is 5.97 Å². The maximum Gasteiger partial charge on any atom is 0.339 e. The second kappa shape index (κ2) is 8.12. The summed E-state index contributed by atoms with van der Waals surface area (Å²) in [6, 6.07) is 7.20. The van der Waals surface area contributed by atoms with Gasteiger partial charge in [0, 0.05) is 17.3 Å². The molecule has 0 atom stereocenters. The average Bonchev–Trinajstić information content (AvgIpc) is 3.04. The number of nitrogens with zero attached hydrogens (tertiary/aromatic N) is 1. The zero-order chi connectivity index (χ0) is 20.3. The van der Waals surface area contributed by atoms with Crippen LogP contribution in [0.3, 0.4) is 0 Å². The standard InChI is InChI=1S/C21H23N3O4/c1-5-7-14-17(21(26)28-4)12(2)23-19(14)20(25)24-15-9-10-16(27-3)18-13(15)8-6-11-22-18/h6,8-11,23H,5,7H2,1-4H3,(H,24,25). The van der Waals surface area contributed by atoms with Crippen LogP contribution in [0.15, 0.2) is 30.5 Å². The van der Waals surface area contributed by atoms with Crippen molar-refractivity contribution >= 4 is 28.5 Å². The first kappa shape index (κ1) is 19.4. The molecular weight excluding hydrogens is 358 g/mol. The van der Waals surface area contributed by atoms with Gasteiger partial charge in [0.05, 0.1) is 25.5 Å². The topological polar surface area (TPSA) is 93.3 Å². The van der Waals surface area contributed by atoms with Gasteiger partial charge in [-0.05, 0) is 43.2 Å². The summed E-state index contributed by atoms with van der Waals surface area (Å²) in [5.41, 5.74) is 3.35. The molecule has 146 valence electrons. The zero-order valence-corrected chi connectivity index (χ0v) is 16.4. The van der Waals surface area contributed by atoms with Crippen molar-refractivity contribution in [2.75, 3.05) is 19.5 Å². The highest BCUT2D eigenvalue weighted by atomic mass is 16.5. The van der Waals surface area contributed by atoms with Gasteiger partial charge in [0.25, 0.3) is 5.91 Å². The number of pyridine rings is 1. The number of ether oxygens (including phenoxy) is 2. The van der Waals surface area contributed by atoms with Gasteiger partial charge in [-0.15, -0.1) is 0 Å².